The Morgan fingerprint density at radius 2 is 1.93 bits per heavy atom. The quantitative estimate of drug-likeness (QED) is 0.818. The van der Waals surface area contributed by atoms with E-state index in [1.807, 2.05) is 36.4 Å². The minimum atomic E-state index is -3.29. The minimum absolute atomic E-state index is 0.122. The van der Waals surface area contributed by atoms with Crippen LogP contribution in [-0.4, -0.2) is 43.7 Å². The van der Waals surface area contributed by atoms with Gasteiger partial charge in [0.2, 0.25) is 10.0 Å². The Hall–Kier alpha value is -2.32. The summed E-state index contributed by atoms with van der Waals surface area (Å²) >= 11 is 0. The zero-order valence-electron chi connectivity index (χ0n) is 15.5. The van der Waals surface area contributed by atoms with E-state index in [1.54, 1.807) is 25.0 Å². The number of urea groups is 1. The summed E-state index contributed by atoms with van der Waals surface area (Å²) in [4.78, 5) is 14.2. The van der Waals surface area contributed by atoms with Crippen molar-refractivity contribution < 1.29 is 17.6 Å². The third-order valence-corrected chi connectivity index (χ3v) is 6.56. The summed E-state index contributed by atoms with van der Waals surface area (Å²) in [6, 6.07) is 10.8. The van der Waals surface area contributed by atoms with Crippen molar-refractivity contribution in [3.05, 3.63) is 42.7 Å². The molecule has 1 aromatic heterocycles. The summed E-state index contributed by atoms with van der Waals surface area (Å²) < 4.78 is 32.1. The lowest BCUT2D eigenvalue weighted by molar-refractivity contribution is 0.193. The SMILES string of the molecule is CC(C)S(=O)(=O)NC1CCN(C(=O)Nc2cccc(-c3ccco3)c2)CC1. The van der Waals surface area contributed by atoms with E-state index in [0.717, 1.165) is 11.3 Å². The highest BCUT2D eigenvalue weighted by Crippen LogP contribution is 2.23. The molecule has 0 spiro atoms. The second-order valence-corrected chi connectivity index (χ2v) is 9.23. The van der Waals surface area contributed by atoms with Crippen LogP contribution < -0.4 is 10.0 Å². The Bertz CT molecular complexity index is 870. The number of piperidine rings is 1. The smallest absolute Gasteiger partial charge is 0.321 e. The van der Waals surface area contributed by atoms with Gasteiger partial charge in [-0.1, -0.05) is 12.1 Å². The first kappa shape index (κ1) is 19.4. The van der Waals surface area contributed by atoms with E-state index in [-0.39, 0.29) is 12.1 Å². The van der Waals surface area contributed by atoms with Gasteiger partial charge >= 0.3 is 6.03 Å². The van der Waals surface area contributed by atoms with Gasteiger partial charge in [-0.25, -0.2) is 17.9 Å². The fourth-order valence-electron chi connectivity index (χ4n) is 2.96. The maximum atomic E-state index is 12.5. The number of carbonyl (C=O) groups excluding carboxylic acids is 1. The molecule has 2 N–H and O–H groups in total. The standard InChI is InChI=1S/C19H25N3O4S/c1-14(2)27(24,25)21-16-8-10-22(11-9-16)19(23)20-17-6-3-5-15(13-17)18-7-4-12-26-18/h3-7,12-14,16,21H,8-11H2,1-2H3,(H,20,23). The monoisotopic (exact) mass is 391 g/mol. The minimum Gasteiger partial charge on any atom is -0.464 e. The molecule has 7 nitrogen and oxygen atoms in total. The van der Waals surface area contributed by atoms with Crippen LogP contribution in [0.25, 0.3) is 11.3 Å². The van der Waals surface area contributed by atoms with Crippen LogP contribution in [0.4, 0.5) is 10.5 Å². The maximum absolute atomic E-state index is 12.5. The highest BCUT2D eigenvalue weighted by atomic mass is 32.2. The van der Waals surface area contributed by atoms with Gasteiger partial charge in [0.25, 0.3) is 0 Å². The van der Waals surface area contributed by atoms with Gasteiger partial charge in [0.1, 0.15) is 5.76 Å². The third-order valence-electron chi connectivity index (χ3n) is 4.65. The summed E-state index contributed by atoms with van der Waals surface area (Å²) in [5.41, 5.74) is 1.58. The van der Waals surface area contributed by atoms with Gasteiger partial charge < -0.3 is 14.6 Å². The number of anilines is 1. The van der Waals surface area contributed by atoms with Crippen LogP contribution in [0.2, 0.25) is 0 Å². The number of benzene rings is 1. The summed E-state index contributed by atoms with van der Waals surface area (Å²) in [5.74, 6) is 0.740. The number of amides is 2. The molecule has 2 heterocycles. The Morgan fingerprint density at radius 3 is 2.56 bits per heavy atom. The van der Waals surface area contributed by atoms with Crippen LogP contribution in [0.15, 0.2) is 47.1 Å². The van der Waals surface area contributed by atoms with Gasteiger partial charge in [-0.3, -0.25) is 0 Å². The number of sulfonamides is 1. The molecule has 0 bridgehead atoms. The number of furan rings is 1. The molecule has 0 aliphatic carbocycles. The van der Waals surface area contributed by atoms with Crippen molar-refractivity contribution in [2.45, 2.75) is 38.0 Å². The normalized spacial score (nSPS) is 15.9. The van der Waals surface area contributed by atoms with Gasteiger partial charge in [0.15, 0.2) is 0 Å². The molecule has 2 aromatic rings. The average Bonchev–Trinajstić information content (AvgIpc) is 3.17. The van der Waals surface area contributed by atoms with Crippen molar-refractivity contribution in [1.29, 1.82) is 0 Å². The van der Waals surface area contributed by atoms with E-state index in [0.29, 0.717) is 31.6 Å². The largest absolute Gasteiger partial charge is 0.464 e. The molecule has 8 heteroatoms. The number of nitrogens with zero attached hydrogens (tertiary/aromatic N) is 1. The first-order valence-electron chi connectivity index (χ1n) is 9.06. The molecule has 27 heavy (non-hydrogen) atoms. The van der Waals surface area contributed by atoms with Crippen molar-refractivity contribution in [1.82, 2.24) is 9.62 Å². The number of likely N-dealkylation sites (tertiary alicyclic amines) is 1. The fraction of sp³-hybridized carbons (Fsp3) is 0.421. The molecule has 1 aromatic carbocycles. The molecule has 0 radical (unpaired) electrons. The van der Waals surface area contributed by atoms with Gasteiger partial charge in [-0.2, -0.15) is 0 Å². The predicted molar refractivity (Wildman–Crippen MR) is 105 cm³/mol. The molecule has 146 valence electrons. The zero-order chi connectivity index (χ0) is 19.4. The molecule has 0 unspecified atom stereocenters. The Morgan fingerprint density at radius 1 is 1.19 bits per heavy atom. The zero-order valence-corrected chi connectivity index (χ0v) is 16.3. The Kier molecular flexibility index (Phi) is 5.86. The van der Waals surface area contributed by atoms with Crippen LogP contribution in [0, 0.1) is 0 Å². The Balaban J connectivity index is 1.55. The van der Waals surface area contributed by atoms with E-state index in [4.69, 9.17) is 4.42 Å². The lowest BCUT2D eigenvalue weighted by Gasteiger charge is -2.32. The summed E-state index contributed by atoms with van der Waals surface area (Å²) in [7, 11) is -3.29. The first-order chi connectivity index (χ1) is 12.8. The number of nitrogens with one attached hydrogen (secondary N) is 2. The van der Waals surface area contributed by atoms with E-state index >= 15 is 0 Å². The first-order valence-corrected chi connectivity index (χ1v) is 10.6. The summed E-state index contributed by atoms with van der Waals surface area (Å²) in [6.07, 6.45) is 2.82. The molecule has 2 amide bonds. The van der Waals surface area contributed by atoms with Crippen LogP contribution in [-0.2, 0) is 10.0 Å². The lowest BCUT2D eigenvalue weighted by atomic mass is 10.1. The van der Waals surface area contributed by atoms with E-state index in [1.165, 1.54) is 0 Å². The molecule has 1 saturated heterocycles. The van der Waals surface area contributed by atoms with Gasteiger partial charge in [0.05, 0.1) is 11.5 Å². The molecular formula is C19H25N3O4S. The van der Waals surface area contributed by atoms with E-state index < -0.39 is 15.3 Å². The molecule has 0 atom stereocenters. The van der Waals surface area contributed by atoms with E-state index in [2.05, 4.69) is 10.0 Å². The van der Waals surface area contributed by atoms with Crippen molar-refractivity contribution in [3.63, 3.8) is 0 Å². The second kappa shape index (κ2) is 8.14. The molecule has 0 saturated carbocycles. The molecule has 3 rings (SSSR count). The van der Waals surface area contributed by atoms with Crippen LogP contribution >= 0.6 is 0 Å². The van der Waals surface area contributed by atoms with Crippen LogP contribution in [0.1, 0.15) is 26.7 Å². The van der Waals surface area contributed by atoms with Gasteiger partial charge in [0, 0.05) is 30.4 Å². The third kappa shape index (κ3) is 4.90. The van der Waals surface area contributed by atoms with Crippen LogP contribution in [0.3, 0.4) is 0 Å². The van der Waals surface area contributed by atoms with Gasteiger partial charge in [-0.05, 0) is 51.0 Å². The van der Waals surface area contributed by atoms with Crippen molar-refractivity contribution in [2.75, 3.05) is 18.4 Å². The second-order valence-electron chi connectivity index (χ2n) is 6.96. The molecule has 1 aliphatic heterocycles. The highest BCUT2D eigenvalue weighted by molar-refractivity contribution is 7.90. The maximum Gasteiger partial charge on any atom is 0.321 e. The predicted octanol–water partition coefficient (Wildman–Crippen LogP) is 3.27. The lowest BCUT2D eigenvalue weighted by Crippen LogP contribution is -2.48. The van der Waals surface area contributed by atoms with Crippen molar-refractivity contribution in [3.8, 4) is 11.3 Å². The average molecular weight is 391 g/mol. The van der Waals surface area contributed by atoms with E-state index in [9.17, 15) is 13.2 Å². The van der Waals surface area contributed by atoms with Gasteiger partial charge in [-0.15, -0.1) is 0 Å². The number of rotatable bonds is 5. The molecule has 1 fully saturated rings. The fourth-order valence-corrected chi connectivity index (χ4v) is 3.94. The highest BCUT2D eigenvalue weighted by Gasteiger charge is 2.27. The van der Waals surface area contributed by atoms with Crippen molar-refractivity contribution >= 4 is 21.7 Å². The Labute approximate surface area is 159 Å². The summed E-state index contributed by atoms with van der Waals surface area (Å²) in [6.45, 7) is 4.33. The number of hydrogen-bond donors (Lipinski definition) is 2. The van der Waals surface area contributed by atoms with Crippen LogP contribution in [0.5, 0.6) is 0 Å². The molecular weight excluding hydrogens is 366 g/mol. The number of hydrogen-bond acceptors (Lipinski definition) is 4. The van der Waals surface area contributed by atoms with Crippen molar-refractivity contribution in [2.24, 2.45) is 0 Å². The topological polar surface area (TPSA) is 91.7 Å². The molecule has 1 aliphatic rings. The summed E-state index contributed by atoms with van der Waals surface area (Å²) in [5, 5.41) is 2.44. The number of carbonyl (C=O) groups is 1.